The first kappa shape index (κ1) is 14.2. The van der Waals surface area contributed by atoms with Gasteiger partial charge in [0, 0.05) is 5.56 Å². The normalized spacial score (nSPS) is 14.0. The van der Waals surface area contributed by atoms with Crippen LogP contribution in [0, 0.1) is 13.8 Å². The van der Waals surface area contributed by atoms with Crippen molar-refractivity contribution in [2.45, 2.75) is 39.3 Å². The number of aryl methyl sites for hydroxylation is 2. The Labute approximate surface area is 104 Å². The molecule has 1 aromatic rings. The quantitative estimate of drug-likeness (QED) is 0.671. The fourth-order valence-electron chi connectivity index (χ4n) is 1.53. The van der Waals surface area contributed by atoms with Gasteiger partial charge in [-0.3, -0.25) is 4.79 Å². The number of hydrogen-bond donors (Lipinski definition) is 3. The van der Waals surface area contributed by atoms with Crippen LogP contribution in [0.15, 0.2) is 4.52 Å². The molecule has 0 saturated carbocycles. The molecule has 7 nitrogen and oxygen atoms in total. The molecule has 2 atom stereocenters. The van der Waals surface area contributed by atoms with Crippen LogP contribution in [-0.4, -0.2) is 39.4 Å². The van der Waals surface area contributed by atoms with Gasteiger partial charge in [-0.2, -0.15) is 0 Å². The zero-order chi connectivity index (χ0) is 13.9. The number of aliphatic carboxylic acids is 1. The SMILES string of the molecule is Cc1noc(C)c1CC(=O)NC(C(=O)O)C(C)O. The molecule has 0 aliphatic heterocycles. The molecule has 0 aliphatic carbocycles. The highest BCUT2D eigenvalue weighted by Gasteiger charge is 2.25. The Bertz CT molecular complexity index is 433. The Kier molecular flexibility index (Phi) is 4.43. The van der Waals surface area contributed by atoms with Gasteiger partial charge in [0.25, 0.3) is 0 Å². The number of carbonyl (C=O) groups is 2. The van der Waals surface area contributed by atoms with Gasteiger partial charge in [0.05, 0.1) is 18.2 Å². The van der Waals surface area contributed by atoms with Gasteiger partial charge < -0.3 is 20.1 Å². The maximum atomic E-state index is 11.7. The van der Waals surface area contributed by atoms with E-state index >= 15 is 0 Å². The van der Waals surface area contributed by atoms with Crippen molar-refractivity contribution in [1.29, 1.82) is 0 Å². The zero-order valence-electron chi connectivity index (χ0n) is 10.4. The van der Waals surface area contributed by atoms with E-state index in [4.69, 9.17) is 9.63 Å². The lowest BCUT2D eigenvalue weighted by molar-refractivity contribution is -0.144. The summed E-state index contributed by atoms with van der Waals surface area (Å²) in [4.78, 5) is 22.5. The molecule has 3 N–H and O–H groups in total. The molecule has 0 aromatic carbocycles. The number of carboxylic acid groups (broad SMARTS) is 1. The summed E-state index contributed by atoms with van der Waals surface area (Å²) < 4.78 is 4.90. The lowest BCUT2D eigenvalue weighted by Crippen LogP contribution is -2.48. The molecule has 1 amide bonds. The van der Waals surface area contributed by atoms with Gasteiger partial charge in [-0.05, 0) is 20.8 Å². The summed E-state index contributed by atoms with van der Waals surface area (Å²) in [5.41, 5.74) is 1.22. The fourth-order valence-corrected chi connectivity index (χ4v) is 1.53. The smallest absolute Gasteiger partial charge is 0.328 e. The molecule has 0 bridgehead atoms. The summed E-state index contributed by atoms with van der Waals surface area (Å²) in [6, 6.07) is -1.32. The van der Waals surface area contributed by atoms with Crippen LogP contribution in [0.25, 0.3) is 0 Å². The summed E-state index contributed by atoms with van der Waals surface area (Å²) in [6.07, 6.45) is -1.20. The number of nitrogens with one attached hydrogen (secondary N) is 1. The molecule has 0 radical (unpaired) electrons. The summed E-state index contributed by atoms with van der Waals surface area (Å²) in [5.74, 6) is -1.26. The highest BCUT2D eigenvalue weighted by molar-refractivity contribution is 5.85. The number of amides is 1. The second kappa shape index (κ2) is 5.63. The molecule has 0 spiro atoms. The third kappa shape index (κ3) is 3.30. The summed E-state index contributed by atoms with van der Waals surface area (Å²) in [6.45, 7) is 4.67. The van der Waals surface area contributed by atoms with Gasteiger partial charge in [-0.1, -0.05) is 5.16 Å². The van der Waals surface area contributed by atoms with Crippen LogP contribution in [0.5, 0.6) is 0 Å². The molecule has 0 fully saturated rings. The topological polar surface area (TPSA) is 113 Å². The van der Waals surface area contributed by atoms with Gasteiger partial charge in [-0.15, -0.1) is 0 Å². The van der Waals surface area contributed by atoms with E-state index in [1.165, 1.54) is 6.92 Å². The van der Waals surface area contributed by atoms with Crippen molar-refractivity contribution in [3.8, 4) is 0 Å². The Morgan fingerprint density at radius 2 is 2.06 bits per heavy atom. The van der Waals surface area contributed by atoms with Crippen molar-refractivity contribution in [3.63, 3.8) is 0 Å². The first-order valence-electron chi connectivity index (χ1n) is 5.45. The van der Waals surface area contributed by atoms with Crippen molar-refractivity contribution in [2.24, 2.45) is 0 Å². The molecule has 2 unspecified atom stereocenters. The monoisotopic (exact) mass is 256 g/mol. The number of aliphatic hydroxyl groups excluding tert-OH is 1. The average molecular weight is 256 g/mol. The number of hydrogen-bond acceptors (Lipinski definition) is 5. The Hall–Kier alpha value is -1.89. The number of carbonyl (C=O) groups excluding carboxylic acids is 1. The number of carboxylic acids is 1. The lowest BCUT2D eigenvalue weighted by Gasteiger charge is -2.16. The second-order valence-corrected chi connectivity index (χ2v) is 4.10. The molecule has 18 heavy (non-hydrogen) atoms. The molecule has 0 aliphatic rings. The van der Waals surface area contributed by atoms with Crippen LogP contribution in [0.3, 0.4) is 0 Å². The van der Waals surface area contributed by atoms with Gasteiger partial charge >= 0.3 is 5.97 Å². The average Bonchev–Trinajstić information content (AvgIpc) is 2.56. The summed E-state index contributed by atoms with van der Waals surface area (Å²) in [5, 5.41) is 24.0. The van der Waals surface area contributed by atoms with Crippen molar-refractivity contribution in [3.05, 3.63) is 17.0 Å². The highest BCUT2D eigenvalue weighted by Crippen LogP contribution is 2.12. The predicted octanol–water partition coefficient (Wildman–Crippen LogP) is -0.216. The Morgan fingerprint density at radius 1 is 1.44 bits per heavy atom. The van der Waals surface area contributed by atoms with E-state index in [1.807, 2.05) is 0 Å². The molecular weight excluding hydrogens is 240 g/mol. The van der Waals surface area contributed by atoms with Crippen LogP contribution in [0.1, 0.15) is 23.9 Å². The van der Waals surface area contributed by atoms with E-state index in [0.717, 1.165) is 0 Å². The largest absolute Gasteiger partial charge is 0.480 e. The molecule has 1 heterocycles. The summed E-state index contributed by atoms with van der Waals surface area (Å²) >= 11 is 0. The van der Waals surface area contributed by atoms with Crippen LogP contribution >= 0.6 is 0 Å². The maximum absolute atomic E-state index is 11.7. The number of aliphatic hydroxyl groups is 1. The molecule has 7 heteroatoms. The first-order chi connectivity index (χ1) is 8.32. The van der Waals surface area contributed by atoms with Gasteiger partial charge in [-0.25, -0.2) is 4.79 Å². The van der Waals surface area contributed by atoms with Gasteiger partial charge in [0.15, 0.2) is 6.04 Å². The van der Waals surface area contributed by atoms with Crippen molar-refractivity contribution in [2.75, 3.05) is 0 Å². The maximum Gasteiger partial charge on any atom is 0.328 e. The zero-order valence-corrected chi connectivity index (χ0v) is 10.4. The van der Waals surface area contributed by atoms with Crippen LogP contribution in [0.2, 0.25) is 0 Å². The minimum Gasteiger partial charge on any atom is -0.480 e. The Morgan fingerprint density at radius 3 is 2.44 bits per heavy atom. The van der Waals surface area contributed by atoms with Gasteiger partial charge in [0.1, 0.15) is 5.76 Å². The molecule has 0 saturated heterocycles. The van der Waals surface area contributed by atoms with E-state index < -0.39 is 24.0 Å². The van der Waals surface area contributed by atoms with Crippen molar-refractivity contribution < 1.29 is 24.3 Å². The first-order valence-corrected chi connectivity index (χ1v) is 5.45. The molecular formula is C11H16N2O5. The Balaban J connectivity index is 2.69. The lowest BCUT2D eigenvalue weighted by atomic mass is 10.1. The summed E-state index contributed by atoms with van der Waals surface area (Å²) in [7, 11) is 0. The van der Waals surface area contributed by atoms with Crippen LogP contribution in [0.4, 0.5) is 0 Å². The predicted molar refractivity (Wildman–Crippen MR) is 60.9 cm³/mol. The van der Waals surface area contributed by atoms with Crippen molar-refractivity contribution >= 4 is 11.9 Å². The highest BCUT2D eigenvalue weighted by atomic mass is 16.5. The number of nitrogens with zero attached hydrogens (tertiary/aromatic N) is 1. The third-order valence-electron chi connectivity index (χ3n) is 2.58. The van der Waals surface area contributed by atoms with E-state index in [2.05, 4.69) is 10.5 Å². The third-order valence-corrected chi connectivity index (χ3v) is 2.58. The van der Waals surface area contributed by atoms with E-state index in [9.17, 15) is 14.7 Å². The minimum absolute atomic E-state index is 0.0301. The van der Waals surface area contributed by atoms with Gasteiger partial charge in [0.2, 0.25) is 5.91 Å². The number of rotatable bonds is 5. The van der Waals surface area contributed by atoms with Crippen LogP contribution in [-0.2, 0) is 16.0 Å². The van der Waals surface area contributed by atoms with E-state index in [-0.39, 0.29) is 6.42 Å². The van der Waals surface area contributed by atoms with Crippen molar-refractivity contribution in [1.82, 2.24) is 10.5 Å². The number of aromatic nitrogens is 1. The van der Waals surface area contributed by atoms with E-state index in [0.29, 0.717) is 17.0 Å². The minimum atomic E-state index is -1.32. The fraction of sp³-hybridized carbons (Fsp3) is 0.545. The van der Waals surface area contributed by atoms with Crippen LogP contribution < -0.4 is 5.32 Å². The second-order valence-electron chi connectivity index (χ2n) is 4.10. The molecule has 100 valence electrons. The standard InChI is InChI=1S/C11H16N2O5/c1-5-8(7(3)18-13-5)4-9(15)12-10(6(2)14)11(16)17/h6,10,14H,4H2,1-3H3,(H,12,15)(H,16,17). The molecule has 1 rings (SSSR count). The molecule has 1 aromatic heterocycles. The van der Waals surface area contributed by atoms with E-state index in [1.54, 1.807) is 13.8 Å².